The van der Waals surface area contributed by atoms with Crippen molar-refractivity contribution < 1.29 is 10.2 Å². The second-order valence-corrected chi connectivity index (χ2v) is 4.17. The molecule has 0 aliphatic rings. The molecule has 120 valence electrons. The Morgan fingerprint density at radius 3 is 1.74 bits per heavy atom. The molecule has 0 saturated heterocycles. The van der Waals surface area contributed by atoms with E-state index in [0.717, 1.165) is 17.5 Å². The fraction of sp³-hybridized carbons (Fsp3) is 0.0625. The molecule has 5 N–H and O–H groups in total. The molecule has 0 aliphatic heterocycles. The number of aromatic hydroxyl groups is 2. The van der Waals surface area contributed by atoms with Crippen molar-refractivity contribution in [3.63, 3.8) is 0 Å². The first-order valence-electron chi connectivity index (χ1n) is 6.70. The summed E-state index contributed by atoms with van der Waals surface area (Å²) in [6.07, 6.45) is 4.33. The zero-order chi connectivity index (χ0) is 16.9. The van der Waals surface area contributed by atoms with Gasteiger partial charge in [0.15, 0.2) is 0 Å². The van der Waals surface area contributed by atoms with E-state index in [9.17, 15) is 0 Å². The SMILES string of the molecule is CN/N=C/c1ccc(O)cc1.N/C=N\N=C\c1ccc(O)cc1. The minimum absolute atomic E-state index is 0.231. The topological polar surface area (TPSA) is 116 Å². The average molecular weight is 313 g/mol. The van der Waals surface area contributed by atoms with Crippen LogP contribution in [0.1, 0.15) is 11.1 Å². The van der Waals surface area contributed by atoms with E-state index in [0.29, 0.717) is 0 Å². The summed E-state index contributed by atoms with van der Waals surface area (Å²) < 4.78 is 0. The van der Waals surface area contributed by atoms with Crippen LogP contribution in [0.15, 0.2) is 63.8 Å². The maximum atomic E-state index is 8.93. The van der Waals surface area contributed by atoms with Gasteiger partial charge in [0.05, 0.1) is 12.4 Å². The molecule has 7 nitrogen and oxygen atoms in total. The molecule has 0 amide bonds. The van der Waals surface area contributed by atoms with Crippen LogP contribution in [0, 0.1) is 0 Å². The Morgan fingerprint density at radius 2 is 1.30 bits per heavy atom. The van der Waals surface area contributed by atoms with E-state index < -0.39 is 0 Å². The van der Waals surface area contributed by atoms with Gasteiger partial charge >= 0.3 is 0 Å². The van der Waals surface area contributed by atoms with Gasteiger partial charge in [-0.1, -0.05) is 0 Å². The zero-order valence-corrected chi connectivity index (χ0v) is 12.7. The maximum Gasteiger partial charge on any atom is 0.115 e. The second kappa shape index (κ2) is 10.4. The minimum atomic E-state index is 0.231. The molecule has 0 atom stereocenters. The molecule has 0 bridgehead atoms. The van der Waals surface area contributed by atoms with Crippen LogP contribution in [0.4, 0.5) is 0 Å². The van der Waals surface area contributed by atoms with Crippen molar-refractivity contribution in [2.24, 2.45) is 21.0 Å². The van der Waals surface area contributed by atoms with Crippen LogP contribution in [0.25, 0.3) is 0 Å². The summed E-state index contributed by atoms with van der Waals surface area (Å²) in [6.45, 7) is 0. The summed E-state index contributed by atoms with van der Waals surface area (Å²) in [5.41, 5.74) is 9.42. The largest absolute Gasteiger partial charge is 0.508 e. The summed E-state index contributed by atoms with van der Waals surface area (Å²) >= 11 is 0. The highest BCUT2D eigenvalue weighted by molar-refractivity contribution is 5.80. The molecule has 0 fully saturated rings. The molecule has 0 saturated carbocycles. The number of hydrogen-bond acceptors (Lipinski definition) is 6. The lowest BCUT2D eigenvalue weighted by molar-refractivity contribution is 0.475. The van der Waals surface area contributed by atoms with Gasteiger partial charge in [0.2, 0.25) is 0 Å². The van der Waals surface area contributed by atoms with Crippen molar-refractivity contribution in [3.05, 3.63) is 59.7 Å². The number of phenolic OH excluding ortho intramolecular Hbond substituents is 2. The van der Waals surface area contributed by atoms with Crippen molar-refractivity contribution in [1.82, 2.24) is 5.43 Å². The molecular formula is C16H19N5O2. The highest BCUT2D eigenvalue weighted by atomic mass is 16.3. The van der Waals surface area contributed by atoms with E-state index in [-0.39, 0.29) is 11.5 Å². The number of rotatable bonds is 4. The smallest absolute Gasteiger partial charge is 0.115 e. The zero-order valence-electron chi connectivity index (χ0n) is 12.7. The Balaban J connectivity index is 0.000000231. The molecule has 2 rings (SSSR count). The highest BCUT2D eigenvalue weighted by Crippen LogP contribution is 2.08. The fourth-order valence-electron chi connectivity index (χ4n) is 1.40. The van der Waals surface area contributed by atoms with Crippen LogP contribution in [0.5, 0.6) is 11.5 Å². The number of nitrogens with one attached hydrogen (secondary N) is 1. The monoisotopic (exact) mass is 313 g/mol. The van der Waals surface area contributed by atoms with Crippen LogP contribution < -0.4 is 11.2 Å². The van der Waals surface area contributed by atoms with E-state index in [1.54, 1.807) is 68.0 Å². The van der Waals surface area contributed by atoms with Crippen molar-refractivity contribution in [2.75, 3.05) is 7.05 Å². The van der Waals surface area contributed by atoms with Gasteiger partial charge in [-0.15, -0.1) is 5.10 Å². The first-order valence-corrected chi connectivity index (χ1v) is 6.70. The third-order valence-electron chi connectivity index (χ3n) is 2.47. The Bertz CT molecular complexity index is 649. The summed E-state index contributed by atoms with van der Waals surface area (Å²) in [5.74, 6) is 0.501. The van der Waals surface area contributed by atoms with Gasteiger partial charge < -0.3 is 21.4 Å². The lowest BCUT2D eigenvalue weighted by Crippen LogP contribution is -1.94. The lowest BCUT2D eigenvalue weighted by atomic mass is 10.2. The Kier molecular flexibility index (Phi) is 7.99. The van der Waals surface area contributed by atoms with Gasteiger partial charge in [-0.25, -0.2) is 0 Å². The first kappa shape index (κ1) is 17.7. The Morgan fingerprint density at radius 1 is 0.826 bits per heavy atom. The summed E-state index contributed by atoms with van der Waals surface area (Å²) in [7, 11) is 1.73. The fourth-order valence-corrected chi connectivity index (χ4v) is 1.40. The van der Waals surface area contributed by atoms with E-state index >= 15 is 0 Å². The van der Waals surface area contributed by atoms with Gasteiger partial charge in [0.25, 0.3) is 0 Å². The quantitative estimate of drug-likeness (QED) is 0.390. The molecule has 0 heterocycles. The van der Waals surface area contributed by atoms with Crippen molar-refractivity contribution in [3.8, 4) is 11.5 Å². The summed E-state index contributed by atoms with van der Waals surface area (Å²) in [5, 5.41) is 28.7. The molecule has 2 aromatic rings. The van der Waals surface area contributed by atoms with Gasteiger partial charge in [0.1, 0.15) is 17.8 Å². The molecule has 7 heteroatoms. The predicted molar refractivity (Wildman–Crippen MR) is 93.1 cm³/mol. The van der Waals surface area contributed by atoms with Crippen molar-refractivity contribution in [1.29, 1.82) is 0 Å². The molecular weight excluding hydrogens is 294 g/mol. The summed E-state index contributed by atoms with van der Waals surface area (Å²) in [4.78, 5) is 0. The number of nitrogens with two attached hydrogens (primary N) is 1. The normalized spacial score (nSPS) is 10.8. The predicted octanol–water partition coefficient (Wildman–Crippen LogP) is 1.66. The molecule has 0 aromatic heterocycles. The van der Waals surface area contributed by atoms with Gasteiger partial charge in [0, 0.05) is 7.05 Å². The summed E-state index contributed by atoms with van der Waals surface area (Å²) in [6, 6.07) is 13.4. The minimum Gasteiger partial charge on any atom is -0.508 e. The van der Waals surface area contributed by atoms with Crippen LogP contribution in [0.2, 0.25) is 0 Å². The molecule has 0 spiro atoms. The molecule has 0 aliphatic carbocycles. The van der Waals surface area contributed by atoms with E-state index in [4.69, 9.17) is 15.9 Å². The van der Waals surface area contributed by atoms with Crippen molar-refractivity contribution >= 4 is 18.8 Å². The van der Waals surface area contributed by atoms with Crippen molar-refractivity contribution in [2.45, 2.75) is 0 Å². The standard InChI is InChI=1S/C8H9N3O.C8H10N2O/c9-6-11-10-5-7-1-3-8(12)4-2-7;1-9-10-6-7-2-4-8(11)5-3-7/h1-6,12H,(H2,9,11);2-6,9,11H,1H3/b10-5+;10-6+. The molecule has 23 heavy (non-hydrogen) atoms. The van der Waals surface area contributed by atoms with Crippen LogP contribution >= 0.6 is 0 Å². The third kappa shape index (κ3) is 7.86. The second-order valence-electron chi connectivity index (χ2n) is 4.17. The lowest BCUT2D eigenvalue weighted by Gasteiger charge is -1.92. The van der Waals surface area contributed by atoms with Crippen LogP contribution in [0.3, 0.4) is 0 Å². The number of benzene rings is 2. The van der Waals surface area contributed by atoms with Gasteiger partial charge in [-0.3, -0.25) is 0 Å². The molecule has 0 unspecified atom stereocenters. The molecule has 2 aromatic carbocycles. The number of hydrazone groups is 1. The Labute approximate surface area is 134 Å². The number of nitrogens with zero attached hydrogens (tertiary/aromatic N) is 3. The number of phenols is 2. The van der Waals surface area contributed by atoms with Crippen LogP contribution in [-0.4, -0.2) is 36.0 Å². The maximum absolute atomic E-state index is 8.93. The van der Waals surface area contributed by atoms with Gasteiger partial charge in [-0.05, 0) is 59.7 Å². The molecule has 0 radical (unpaired) electrons. The average Bonchev–Trinajstić information content (AvgIpc) is 2.57. The van der Waals surface area contributed by atoms with E-state index in [1.807, 2.05) is 0 Å². The van der Waals surface area contributed by atoms with E-state index in [2.05, 4.69) is 20.7 Å². The van der Waals surface area contributed by atoms with Gasteiger partial charge in [-0.2, -0.15) is 10.2 Å². The number of hydrogen-bond donors (Lipinski definition) is 4. The van der Waals surface area contributed by atoms with E-state index in [1.165, 1.54) is 0 Å². The Hall–Kier alpha value is -3.35. The highest BCUT2D eigenvalue weighted by Gasteiger charge is 1.87. The third-order valence-corrected chi connectivity index (χ3v) is 2.47. The first-order chi connectivity index (χ1) is 11.2. The van der Waals surface area contributed by atoms with Crippen LogP contribution in [-0.2, 0) is 0 Å².